The molecule has 334 valence electrons. The predicted octanol–water partition coefficient (Wildman–Crippen LogP) is 21.8. The number of unbranched alkanes of at least 4 members (excludes halogenated alkanes) is 35. The Balaban J connectivity index is 0. The molecule has 0 unspecified atom stereocenters. The lowest BCUT2D eigenvalue weighted by molar-refractivity contribution is 0.576. The maximum absolute atomic E-state index is 7.42. The van der Waals surface area contributed by atoms with Crippen molar-refractivity contribution in [2.45, 2.75) is 322 Å². The quantitative estimate of drug-likeness (QED) is 0.0325. The van der Waals surface area contributed by atoms with E-state index in [4.69, 9.17) is 33.2 Å². The van der Waals surface area contributed by atoms with E-state index in [1.54, 1.807) is 0 Å². The largest absolute Gasteiger partial charge is 0.251 e. The molecule has 0 nitrogen and oxygen atoms in total. The van der Waals surface area contributed by atoms with Crippen LogP contribution in [0.25, 0.3) is 0 Å². The Morgan fingerprint density at radius 3 is 0.527 bits per heavy atom. The van der Waals surface area contributed by atoms with Gasteiger partial charge in [0.15, 0.2) is 7.38 Å². The van der Waals surface area contributed by atoms with Crippen LogP contribution >= 0.6 is 33.2 Å². The lowest BCUT2D eigenvalue weighted by Gasteiger charge is -2.25. The summed E-state index contributed by atoms with van der Waals surface area (Å²) < 4.78 is 0. The van der Waals surface area contributed by atoms with Crippen molar-refractivity contribution in [3.63, 3.8) is 0 Å². The zero-order valence-electron chi connectivity index (χ0n) is 39.0. The third-order valence-corrected chi connectivity index (χ3v) is 22.1. The van der Waals surface area contributed by atoms with Crippen LogP contribution in [0.4, 0.5) is 0 Å². The summed E-state index contributed by atoms with van der Waals surface area (Å²) in [5.41, 5.74) is 0. The highest BCUT2D eigenvalue weighted by Crippen LogP contribution is 2.34. The summed E-state index contributed by atoms with van der Waals surface area (Å²) in [4.78, 5) is 0. The minimum Gasteiger partial charge on any atom is -0.167 e. The fourth-order valence-electron chi connectivity index (χ4n) is 8.26. The van der Waals surface area contributed by atoms with E-state index in [1.165, 1.54) is 275 Å². The summed E-state index contributed by atoms with van der Waals surface area (Å²) in [6, 6.07) is 6.42. The Hall–Kier alpha value is 1.30. The topological polar surface area (TPSA) is 0 Å². The number of hydrogen-bond acceptors (Lipinski definition) is 0. The highest BCUT2D eigenvalue weighted by molar-refractivity contribution is 7.45. The maximum Gasteiger partial charge on any atom is 0.251 e. The van der Waals surface area contributed by atoms with Crippen molar-refractivity contribution in [3.8, 4) is 0 Å². The summed E-state index contributed by atoms with van der Waals surface area (Å²) >= 11 is 20.6. The lowest BCUT2D eigenvalue weighted by Crippen LogP contribution is -2.26. The van der Waals surface area contributed by atoms with Crippen molar-refractivity contribution < 1.29 is 0 Å². The Morgan fingerprint density at radius 2 is 0.345 bits per heavy atom. The van der Waals surface area contributed by atoms with Gasteiger partial charge in [-0.15, -0.1) is 22.2 Å². The number of halogens is 3. The molecule has 0 amide bonds. The summed E-state index contributed by atoms with van der Waals surface area (Å²) in [5.74, 6) is 0. The lowest BCUT2D eigenvalue weighted by atomic mass is 10.1. The van der Waals surface area contributed by atoms with Crippen molar-refractivity contribution in [1.29, 1.82) is 0 Å². The van der Waals surface area contributed by atoms with Crippen LogP contribution < -0.4 is 0 Å². The highest BCUT2D eigenvalue weighted by atomic mass is 35.7. The van der Waals surface area contributed by atoms with Gasteiger partial charge in [0.05, 0.1) is 0 Å². The summed E-state index contributed by atoms with van der Waals surface area (Å²) in [7, 11) is -1.52. The molecule has 0 rings (SSSR count). The molecule has 0 saturated heterocycles. The van der Waals surface area contributed by atoms with Gasteiger partial charge in [0.25, 0.3) is 6.69 Å². The molecule has 0 aliphatic heterocycles. The highest BCUT2D eigenvalue weighted by Gasteiger charge is 2.29. The first-order chi connectivity index (χ1) is 26.8. The van der Waals surface area contributed by atoms with Crippen LogP contribution in [-0.4, -0.2) is 14.1 Å². The van der Waals surface area contributed by atoms with E-state index in [2.05, 4.69) is 34.6 Å². The Morgan fingerprint density at radius 1 is 0.200 bits per heavy atom. The third kappa shape index (κ3) is 49.6. The summed E-state index contributed by atoms with van der Waals surface area (Å²) in [6.07, 6.45) is 56.1. The first kappa shape index (κ1) is 58.4. The molecule has 0 aromatic rings. The van der Waals surface area contributed by atoms with Crippen LogP contribution in [0.1, 0.15) is 291 Å². The molecule has 0 aromatic carbocycles. The first-order valence-electron chi connectivity index (χ1n) is 25.9. The van der Waals surface area contributed by atoms with Gasteiger partial charge in [0, 0.05) is 0 Å². The normalized spacial score (nSPS) is 12.0. The van der Waals surface area contributed by atoms with Gasteiger partial charge in [0.1, 0.15) is 0 Å². The van der Waals surface area contributed by atoms with Crippen molar-refractivity contribution in [1.82, 2.24) is 0 Å². The molecular weight excluding hydrogens is 763 g/mol. The van der Waals surface area contributed by atoms with Crippen molar-refractivity contribution in [2.75, 3.05) is 0 Å². The van der Waals surface area contributed by atoms with E-state index in [-0.39, 0.29) is 0 Å². The van der Waals surface area contributed by atoms with Crippen LogP contribution in [0, 0.1) is 0 Å². The summed E-state index contributed by atoms with van der Waals surface area (Å²) in [6.45, 7) is 9.56. The third-order valence-electron chi connectivity index (χ3n) is 12.2. The Bertz CT molecular complexity index is 616. The second-order valence-corrected chi connectivity index (χ2v) is 32.0. The Kier molecular flexibility index (Phi) is 50.9. The Labute approximate surface area is 366 Å². The molecule has 0 fully saturated rings. The van der Waals surface area contributed by atoms with Crippen molar-refractivity contribution in [3.05, 3.63) is 0 Å². The smallest absolute Gasteiger partial charge is 0.167 e. The predicted molar refractivity (Wildman–Crippen MR) is 266 cm³/mol. The van der Waals surface area contributed by atoms with E-state index in [1.807, 2.05) is 0 Å². The van der Waals surface area contributed by atoms with Gasteiger partial charge >= 0.3 is 0 Å². The van der Waals surface area contributed by atoms with E-state index in [0.29, 0.717) is 0 Å². The van der Waals surface area contributed by atoms with Crippen LogP contribution in [0.15, 0.2) is 0 Å². The van der Waals surface area contributed by atoms with Gasteiger partial charge in [-0.05, 0) is 30.2 Å². The monoisotopic (exact) mass is 867 g/mol. The zero-order chi connectivity index (χ0) is 40.8. The van der Waals surface area contributed by atoms with Gasteiger partial charge in [-0.2, -0.15) is 11.1 Å². The van der Waals surface area contributed by atoms with Gasteiger partial charge in [-0.3, -0.25) is 0 Å². The molecule has 0 heterocycles. The second-order valence-electron chi connectivity index (χ2n) is 18.1. The van der Waals surface area contributed by atoms with E-state index >= 15 is 0 Å². The maximum atomic E-state index is 7.42. The zero-order valence-corrected chi connectivity index (χ0v) is 43.2. The SMILES string of the molecule is CCCCCCCCCC[Si](Cl)(CCCCCCCCCC)CCCCCCCCCC.CCCCCCCCCC[Si](Cl)(Cl)CCCCCCCCCC. The van der Waals surface area contributed by atoms with Crippen LogP contribution in [-0.2, 0) is 0 Å². The molecule has 0 bridgehead atoms. The van der Waals surface area contributed by atoms with Gasteiger partial charge in [-0.25, -0.2) is 0 Å². The minimum absolute atomic E-state index is 1.11. The molecule has 0 atom stereocenters. The first-order valence-corrected chi connectivity index (χ1v) is 33.9. The van der Waals surface area contributed by atoms with Crippen molar-refractivity contribution >= 4 is 47.3 Å². The van der Waals surface area contributed by atoms with Crippen molar-refractivity contribution in [2.24, 2.45) is 0 Å². The van der Waals surface area contributed by atoms with E-state index in [0.717, 1.165) is 12.1 Å². The average Bonchev–Trinajstić information content (AvgIpc) is 3.17. The average molecular weight is 869 g/mol. The van der Waals surface area contributed by atoms with Gasteiger partial charge in [-0.1, -0.05) is 291 Å². The molecule has 5 heteroatoms. The fraction of sp³-hybridized carbons (Fsp3) is 1.00. The molecule has 0 saturated carbocycles. The second kappa shape index (κ2) is 48.0. The van der Waals surface area contributed by atoms with Gasteiger partial charge in [0.2, 0.25) is 0 Å². The van der Waals surface area contributed by atoms with Crippen LogP contribution in [0.2, 0.25) is 30.2 Å². The molecule has 55 heavy (non-hydrogen) atoms. The minimum atomic E-state index is -1.92. The number of hydrogen-bond donors (Lipinski definition) is 0. The molecule has 0 N–H and O–H groups in total. The molecule has 0 aliphatic rings. The molecular formula is C50H105Cl3Si2. The van der Waals surface area contributed by atoms with E-state index < -0.39 is 14.1 Å². The summed E-state index contributed by atoms with van der Waals surface area (Å²) in [5, 5.41) is 0. The number of rotatable bonds is 45. The standard InChI is InChI=1S/C30H63ClSi.C20H42Cl2Si/c1-4-7-10-13-16-19-22-25-28-32(31,29-26-23-20-17-14-11-8-5-2)30-27-24-21-18-15-12-9-6-3;1-3-5-7-9-11-13-15-17-19-23(21,22)20-18-16-14-12-10-8-6-4-2/h4-30H2,1-3H3;3-20H2,1-2H3. The fourth-order valence-corrected chi connectivity index (χ4v) is 16.3. The molecule has 0 spiro atoms. The van der Waals surface area contributed by atoms with Crippen LogP contribution in [0.3, 0.4) is 0 Å². The molecule has 0 radical (unpaired) electrons. The van der Waals surface area contributed by atoms with E-state index in [9.17, 15) is 0 Å². The van der Waals surface area contributed by atoms with Crippen LogP contribution in [0.5, 0.6) is 0 Å². The van der Waals surface area contributed by atoms with Gasteiger partial charge < -0.3 is 0 Å². The molecule has 0 aliphatic carbocycles. The molecule has 0 aromatic heterocycles.